The van der Waals surface area contributed by atoms with Crippen molar-refractivity contribution in [3.63, 3.8) is 0 Å². The number of piperidine rings is 1. The second-order valence-corrected chi connectivity index (χ2v) is 7.29. The van der Waals surface area contributed by atoms with Gasteiger partial charge in [-0.15, -0.1) is 0 Å². The van der Waals surface area contributed by atoms with Crippen LogP contribution in [0, 0.1) is 5.82 Å². The number of rotatable bonds is 3. The van der Waals surface area contributed by atoms with Gasteiger partial charge in [-0.25, -0.2) is 19.3 Å². The molecule has 29 heavy (non-hydrogen) atoms. The fourth-order valence-corrected chi connectivity index (χ4v) is 3.75. The Labute approximate surface area is 167 Å². The Morgan fingerprint density at radius 3 is 2.79 bits per heavy atom. The van der Waals surface area contributed by atoms with E-state index in [4.69, 9.17) is 11.5 Å². The smallest absolute Gasteiger partial charge is 0.220 e. The maximum Gasteiger partial charge on any atom is 0.220 e. The Morgan fingerprint density at radius 1 is 1.17 bits per heavy atom. The lowest BCUT2D eigenvalue weighted by atomic mass is 9.93. The number of halogens is 1. The molecule has 1 saturated heterocycles. The van der Waals surface area contributed by atoms with Crippen molar-refractivity contribution in [1.29, 1.82) is 0 Å². The molecule has 1 aliphatic heterocycles. The van der Waals surface area contributed by atoms with Gasteiger partial charge in [-0.05, 0) is 44.6 Å². The summed E-state index contributed by atoms with van der Waals surface area (Å²) < 4.78 is 14.6. The van der Waals surface area contributed by atoms with Crippen LogP contribution in [0.2, 0.25) is 0 Å². The molecule has 9 heteroatoms. The lowest BCUT2D eigenvalue weighted by Crippen LogP contribution is -2.31. The molecule has 0 radical (unpaired) electrons. The highest BCUT2D eigenvalue weighted by Crippen LogP contribution is 2.36. The van der Waals surface area contributed by atoms with Crippen molar-refractivity contribution < 1.29 is 9.50 Å². The normalized spacial score (nSPS) is 17.4. The molecule has 0 amide bonds. The molecular formula is C20H22FN7O. The summed E-state index contributed by atoms with van der Waals surface area (Å²) in [6.07, 6.45) is 4.72. The Bertz CT molecular complexity index is 1060. The number of anilines is 2. The zero-order valence-corrected chi connectivity index (χ0v) is 16.0. The van der Waals surface area contributed by atoms with Crippen molar-refractivity contribution in [2.75, 3.05) is 31.6 Å². The number of hydrogen-bond acceptors (Lipinski definition) is 8. The van der Waals surface area contributed by atoms with Gasteiger partial charge in [0.2, 0.25) is 5.95 Å². The molecule has 0 saturated carbocycles. The van der Waals surface area contributed by atoms with E-state index in [1.54, 1.807) is 0 Å². The number of likely N-dealkylation sites (N-methyl/N-ethyl adjacent to an activating group) is 1. The first-order valence-electron chi connectivity index (χ1n) is 9.35. The highest BCUT2D eigenvalue weighted by Gasteiger charge is 2.23. The summed E-state index contributed by atoms with van der Waals surface area (Å²) in [6.45, 7) is 1.92. The minimum Gasteiger partial charge on any atom is -0.506 e. The molecule has 150 valence electrons. The van der Waals surface area contributed by atoms with E-state index in [2.05, 4.69) is 31.9 Å². The van der Waals surface area contributed by atoms with E-state index in [0.29, 0.717) is 17.0 Å². The standard InChI is InChI=1S/C20H22FN7O/c1-28-6-2-3-11(10-28)15-8-16(27-20(23)26-15)14-7-12(29)9-25-18(14)13-4-5-24-19(22)17(13)21/h4-5,7-9,11,29H,2-3,6,10H2,1H3,(H2,22,24)(H2,23,26,27). The second-order valence-electron chi connectivity index (χ2n) is 7.29. The third kappa shape index (κ3) is 3.81. The van der Waals surface area contributed by atoms with Gasteiger partial charge in [-0.3, -0.25) is 4.98 Å². The van der Waals surface area contributed by atoms with Crippen LogP contribution in [0.25, 0.3) is 22.5 Å². The van der Waals surface area contributed by atoms with Crippen molar-refractivity contribution >= 4 is 11.8 Å². The maximum atomic E-state index is 14.6. The molecule has 0 bridgehead atoms. The molecule has 0 aromatic carbocycles. The molecule has 1 aliphatic rings. The number of nitrogen functional groups attached to an aromatic ring is 2. The molecule has 1 fully saturated rings. The Hall–Kier alpha value is -3.33. The minimum absolute atomic E-state index is 0.0673. The summed E-state index contributed by atoms with van der Waals surface area (Å²) in [4.78, 5) is 19.0. The van der Waals surface area contributed by atoms with E-state index in [0.717, 1.165) is 31.6 Å². The molecular weight excluding hydrogens is 373 g/mol. The Kier molecular flexibility index (Phi) is 4.98. The molecule has 3 aromatic heterocycles. The average Bonchev–Trinajstić information content (AvgIpc) is 2.70. The van der Waals surface area contributed by atoms with Crippen LogP contribution in [0.4, 0.5) is 16.2 Å². The van der Waals surface area contributed by atoms with E-state index < -0.39 is 5.82 Å². The van der Waals surface area contributed by atoms with Crippen LogP contribution in [-0.2, 0) is 0 Å². The zero-order chi connectivity index (χ0) is 20.5. The van der Waals surface area contributed by atoms with Gasteiger partial charge in [0.05, 0.1) is 23.3 Å². The minimum atomic E-state index is -0.678. The topological polar surface area (TPSA) is 127 Å². The van der Waals surface area contributed by atoms with Gasteiger partial charge in [-0.2, -0.15) is 0 Å². The fraction of sp³-hybridized carbons (Fsp3) is 0.300. The number of nitrogens with two attached hydrogens (primary N) is 2. The second kappa shape index (κ2) is 7.59. The third-order valence-electron chi connectivity index (χ3n) is 5.13. The first-order chi connectivity index (χ1) is 13.9. The summed E-state index contributed by atoms with van der Waals surface area (Å²) in [6, 6.07) is 4.80. The van der Waals surface area contributed by atoms with Crippen LogP contribution in [0.5, 0.6) is 5.75 Å². The predicted octanol–water partition coefficient (Wildman–Crippen LogP) is 2.42. The van der Waals surface area contributed by atoms with E-state index >= 15 is 0 Å². The van der Waals surface area contributed by atoms with Gasteiger partial charge in [0, 0.05) is 29.8 Å². The van der Waals surface area contributed by atoms with E-state index in [1.807, 2.05) is 6.07 Å². The van der Waals surface area contributed by atoms with Crippen molar-refractivity contribution in [3.8, 4) is 28.3 Å². The summed E-state index contributed by atoms with van der Waals surface area (Å²) in [5, 5.41) is 10.0. The first kappa shape index (κ1) is 19.0. The highest BCUT2D eigenvalue weighted by atomic mass is 19.1. The highest BCUT2D eigenvalue weighted by molar-refractivity contribution is 5.81. The quantitative estimate of drug-likeness (QED) is 0.617. The number of aromatic nitrogens is 4. The van der Waals surface area contributed by atoms with Gasteiger partial charge >= 0.3 is 0 Å². The van der Waals surface area contributed by atoms with Crippen LogP contribution in [0.3, 0.4) is 0 Å². The number of aromatic hydroxyl groups is 1. The average molecular weight is 395 g/mol. The molecule has 5 N–H and O–H groups in total. The fourth-order valence-electron chi connectivity index (χ4n) is 3.75. The van der Waals surface area contributed by atoms with E-state index in [1.165, 1.54) is 24.5 Å². The molecule has 8 nitrogen and oxygen atoms in total. The number of nitrogens with zero attached hydrogens (tertiary/aromatic N) is 5. The van der Waals surface area contributed by atoms with Crippen molar-refractivity contribution in [2.45, 2.75) is 18.8 Å². The molecule has 4 heterocycles. The zero-order valence-electron chi connectivity index (χ0n) is 16.0. The van der Waals surface area contributed by atoms with Gasteiger partial charge in [0.25, 0.3) is 0 Å². The number of hydrogen-bond donors (Lipinski definition) is 3. The number of pyridine rings is 2. The summed E-state index contributed by atoms with van der Waals surface area (Å²) in [7, 11) is 2.07. The van der Waals surface area contributed by atoms with Crippen LogP contribution in [0.15, 0.2) is 30.6 Å². The Balaban J connectivity index is 1.85. The molecule has 0 spiro atoms. The maximum absolute atomic E-state index is 14.6. The number of likely N-dealkylation sites (tertiary alicyclic amines) is 1. The van der Waals surface area contributed by atoms with Gasteiger partial charge in [-0.1, -0.05) is 0 Å². The molecule has 1 atom stereocenters. The van der Waals surface area contributed by atoms with Gasteiger partial charge in [0.1, 0.15) is 5.75 Å². The SMILES string of the molecule is CN1CCCC(c2cc(-c3cc(O)cnc3-c3ccnc(N)c3F)nc(N)n2)C1. The van der Waals surface area contributed by atoms with E-state index in [9.17, 15) is 9.50 Å². The monoisotopic (exact) mass is 395 g/mol. The van der Waals surface area contributed by atoms with Gasteiger partial charge < -0.3 is 21.5 Å². The lowest BCUT2D eigenvalue weighted by molar-refractivity contribution is 0.248. The van der Waals surface area contributed by atoms with Crippen LogP contribution >= 0.6 is 0 Å². The van der Waals surface area contributed by atoms with Crippen molar-refractivity contribution in [2.24, 2.45) is 0 Å². The molecule has 0 aliphatic carbocycles. The van der Waals surface area contributed by atoms with Crippen molar-refractivity contribution in [3.05, 3.63) is 42.1 Å². The predicted molar refractivity (Wildman–Crippen MR) is 108 cm³/mol. The lowest BCUT2D eigenvalue weighted by Gasteiger charge is -2.29. The first-order valence-corrected chi connectivity index (χ1v) is 9.35. The van der Waals surface area contributed by atoms with Crippen LogP contribution in [0.1, 0.15) is 24.5 Å². The summed E-state index contributed by atoms with van der Waals surface area (Å²) in [5.41, 5.74) is 13.8. The third-order valence-corrected chi connectivity index (χ3v) is 5.13. The summed E-state index contributed by atoms with van der Waals surface area (Å²) >= 11 is 0. The summed E-state index contributed by atoms with van der Waals surface area (Å²) in [5.74, 6) is -0.628. The van der Waals surface area contributed by atoms with Crippen LogP contribution < -0.4 is 11.5 Å². The molecule has 3 aromatic rings. The Morgan fingerprint density at radius 2 is 2.00 bits per heavy atom. The van der Waals surface area contributed by atoms with Crippen LogP contribution in [-0.4, -0.2) is 50.1 Å². The largest absolute Gasteiger partial charge is 0.506 e. The van der Waals surface area contributed by atoms with E-state index in [-0.39, 0.29) is 29.0 Å². The van der Waals surface area contributed by atoms with Crippen molar-refractivity contribution in [1.82, 2.24) is 24.8 Å². The van der Waals surface area contributed by atoms with Gasteiger partial charge in [0.15, 0.2) is 11.6 Å². The molecule has 1 unspecified atom stereocenters. The molecule has 4 rings (SSSR count).